The van der Waals surface area contributed by atoms with E-state index >= 15 is 0 Å². The van der Waals surface area contributed by atoms with Crippen LogP contribution in [0, 0.1) is 34.6 Å². The molecular weight excluding hydrogens is 242 g/mol. The van der Waals surface area contributed by atoms with Gasteiger partial charge in [-0.3, -0.25) is 0 Å². The molecule has 0 spiro atoms. The smallest absolute Gasteiger partial charge is 0.0406 e. The predicted octanol–water partition coefficient (Wildman–Crippen LogP) is 4.73. The standard InChI is InChI=1S/C19H23N/c1-12-13(2)15(4)19(16(5)14(12)3)17-8-6-10-20-11-7-9-18(17)20/h6-8,11H,9-10H2,1-5H3. The third-order valence-corrected chi connectivity index (χ3v) is 5.11. The highest BCUT2D eigenvalue weighted by Gasteiger charge is 2.22. The molecule has 0 saturated carbocycles. The van der Waals surface area contributed by atoms with Gasteiger partial charge in [-0.15, -0.1) is 0 Å². The van der Waals surface area contributed by atoms with Gasteiger partial charge in [0.2, 0.25) is 0 Å². The van der Waals surface area contributed by atoms with Crippen LogP contribution in [0.15, 0.2) is 30.1 Å². The molecule has 0 radical (unpaired) electrons. The second-order valence-electron chi connectivity index (χ2n) is 6.00. The van der Waals surface area contributed by atoms with E-state index in [1.165, 1.54) is 44.7 Å². The Bertz CT molecular complexity index is 642. The van der Waals surface area contributed by atoms with Gasteiger partial charge >= 0.3 is 0 Å². The molecule has 0 N–H and O–H groups in total. The zero-order valence-electron chi connectivity index (χ0n) is 13.2. The lowest BCUT2D eigenvalue weighted by Gasteiger charge is -2.27. The van der Waals surface area contributed by atoms with Crippen molar-refractivity contribution in [1.29, 1.82) is 0 Å². The molecule has 0 saturated heterocycles. The van der Waals surface area contributed by atoms with E-state index in [4.69, 9.17) is 0 Å². The summed E-state index contributed by atoms with van der Waals surface area (Å²) in [4.78, 5) is 2.37. The van der Waals surface area contributed by atoms with Gasteiger partial charge in [0.15, 0.2) is 0 Å². The lowest BCUT2D eigenvalue weighted by Crippen LogP contribution is -2.18. The van der Waals surface area contributed by atoms with Crippen molar-refractivity contribution in [2.45, 2.75) is 41.0 Å². The Morgan fingerprint density at radius 3 is 2.05 bits per heavy atom. The van der Waals surface area contributed by atoms with Gasteiger partial charge in [0.25, 0.3) is 0 Å². The zero-order valence-corrected chi connectivity index (χ0v) is 13.2. The van der Waals surface area contributed by atoms with Crippen LogP contribution < -0.4 is 0 Å². The van der Waals surface area contributed by atoms with Crippen LogP contribution in [-0.2, 0) is 0 Å². The van der Waals surface area contributed by atoms with Crippen LogP contribution in [-0.4, -0.2) is 11.4 Å². The molecule has 0 aliphatic carbocycles. The van der Waals surface area contributed by atoms with Crippen LogP contribution in [0.4, 0.5) is 0 Å². The summed E-state index contributed by atoms with van der Waals surface area (Å²) in [6, 6.07) is 0. The van der Waals surface area contributed by atoms with Gasteiger partial charge in [0.05, 0.1) is 0 Å². The number of nitrogens with zero attached hydrogens (tertiary/aromatic N) is 1. The fourth-order valence-corrected chi connectivity index (χ4v) is 3.45. The minimum Gasteiger partial charge on any atom is -0.347 e. The highest BCUT2D eigenvalue weighted by molar-refractivity contribution is 5.83. The average Bonchev–Trinajstić information content (AvgIpc) is 2.92. The molecule has 2 aliphatic rings. The maximum Gasteiger partial charge on any atom is 0.0406 e. The number of allylic oxidation sites excluding steroid dienone is 3. The highest BCUT2D eigenvalue weighted by atomic mass is 15.1. The van der Waals surface area contributed by atoms with Gasteiger partial charge < -0.3 is 4.90 Å². The molecule has 1 aromatic carbocycles. The van der Waals surface area contributed by atoms with E-state index in [1.54, 1.807) is 0 Å². The predicted molar refractivity (Wildman–Crippen MR) is 86.7 cm³/mol. The van der Waals surface area contributed by atoms with Gasteiger partial charge in [-0.25, -0.2) is 0 Å². The molecule has 1 heteroatoms. The first-order valence-electron chi connectivity index (χ1n) is 7.42. The molecule has 0 atom stereocenters. The largest absolute Gasteiger partial charge is 0.347 e. The Hall–Kier alpha value is -1.76. The minimum atomic E-state index is 1.01. The third-order valence-electron chi connectivity index (χ3n) is 5.11. The van der Waals surface area contributed by atoms with Crippen molar-refractivity contribution in [3.8, 4) is 0 Å². The average molecular weight is 265 g/mol. The van der Waals surface area contributed by atoms with E-state index in [-0.39, 0.29) is 0 Å². The topological polar surface area (TPSA) is 3.24 Å². The summed E-state index contributed by atoms with van der Waals surface area (Å²) in [5.74, 6) is 0. The quantitative estimate of drug-likeness (QED) is 0.709. The van der Waals surface area contributed by atoms with E-state index in [1.807, 2.05) is 0 Å². The van der Waals surface area contributed by atoms with Gasteiger partial charge in [-0.05, 0) is 68.0 Å². The summed E-state index contributed by atoms with van der Waals surface area (Å²) in [6.07, 6.45) is 10.1. The summed E-state index contributed by atoms with van der Waals surface area (Å²) in [7, 11) is 0. The molecule has 0 amide bonds. The molecule has 1 aromatic rings. The van der Waals surface area contributed by atoms with Crippen LogP contribution in [0.3, 0.4) is 0 Å². The molecule has 1 nitrogen and oxygen atoms in total. The maximum atomic E-state index is 2.37. The van der Waals surface area contributed by atoms with Gasteiger partial charge in [-0.2, -0.15) is 0 Å². The van der Waals surface area contributed by atoms with Crippen LogP contribution >= 0.6 is 0 Å². The van der Waals surface area contributed by atoms with Crippen molar-refractivity contribution in [2.24, 2.45) is 0 Å². The molecular formula is C19H23N. The second kappa shape index (κ2) is 4.66. The lowest BCUT2D eigenvalue weighted by atomic mass is 9.84. The SMILES string of the molecule is Cc1c(C)c(C)c(C2=C3CC=CN3CC=C2)c(C)c1C. The number of hydrogen-bond acceptors (Lipinski definition) is 1. The molecule has 0 unspecified atom stereocenters. The number of hydrogen-bond donors (Lipinski definition) is 0. The highest BCUT2D eigenvalue weighted by Crippen LogP contribution is 2.37. The molecule has 104 valence electrons. The van der Waals surface area contributed by atoms with Crippen molar-refractivity contribution in [2.75, 3.05) is 6.54 Å². The Balaban J connectivity index is 2.28. The monoisotopic (exact) mass is 265 g/mol. The van der Waals surface area contributed by atoms with E-state index in [2.05, 4.69) is 63.9 Å². The molecule has 0 aromatic heterocycles. The van der Waals surface area contributed by atoms with E-state index in [9.17, 15) is 0 Å². The third kappa shape index (κ3) is 1.76. The first-order chi connectivity index (χ1) is 9.52. The molecule has 3 rings (SSSR count). The summed E-state index contributed by atoms with van der Waals surface area (Å²) in [6.45, 7) is 12.3. The Kier molecular flexibility index (Phi) is 3.08. The normalized spacial score (nSPS) is 17.1. The first kappa shape index (κ1) is 13.2. The molecule has 0 fully saturated rings. The Morgan fingerprint density at radius 2 is 1.40 bits per heavy atom. The van der Waals surface area contributed by atoms with Gasteiger partial charge in [-0.1, -0.05) is 18.2 Å². The Labute approximate surface area is 122 Å². The molecule has 20 heavy (non-hydrogen) atoms. The zero-order chi connectivity index (χ0) is 14.4. The van der Waals surface area contributed by atoms with Crippen molar-refractivity contribution < 1.29 is 0 Å². The summed E-state index contributed by atoms with van der Waals surface area (Å²) < 4.78 is 0. The van der Waals surface area contributed by atoms with Crippen LogP contribution in [0.5, 0.6) is 0 Å². The summed E-state index contributed by atoms with van der Waals surface area (Å²) >= 11 is 0. The van der Waals surface area contributed by atoms with Gasteiger partial charge in [0, 0.05) is 30.4 Å². The molecule has 2 heterocycles. The van der Waals surface area contributed by atoms with Crippen LogP contribution in [0.25, 0.3) is 5.57 Å². The number of rotatable bonds is 1. The minimum absolute atomic E-state index is 1.01. The first-order valence-corrected chi connectivity index (χ1v) is 7.42. The number of fused-ring (bicyclic) bond motifs is 1. The Morgan fingerprint density at radius 1 is 0.800 bits per heavy atom. The van der Waals surface area contributed by atoms with E-state index in [0.29, 0.717) is 0 Å². The second-order valence-corrected chi connectivity index (χ2v) is 6.00. The van der Waals surface area contributed by atoms with Crippen LogP contribution in [0.1, 0.15) is 39.8 Å². The maximum absolute atomic E-state index is 2.37. The van der Waals surface area contributed by atoms with E-state index in [0.717, 1.165) is 13.0 Å². The fourth-order valence-electron chi connectivity index (χ4n) is 3.45. The molecule has 2 aliphatic heterocycles. The number of benzene rings is 1. The summed E-state index contributed by atoms with van der Waals surface area (Å²) in [5.41, 5.74) is 11.5. The van der Waals surface area contributed by atoms with Crippen molar-refractivity contribution in [3.63, 3.8) is 0 Å². The van der Waals surface area contributed by atoms with Crippen molar-refractivity contribution >= 4 is 5.57 Å². The van der Waals surface area contributed by atoms with E-state index < -0.39 is 0 Å². The fraction of sp³-hybridized carbons (Fsp3) is 0.368. The molecule has 0 bridgehead atoms. The van der Waals surface area contributed by atoms with Crippen molar-refractivity contribution in [3.05, 3.63) is 63.5 Å². The van der Waals surface area contributed by atoms with Gasteiger partial charge in [0.1, 0.15) is 0 Å². The lowest BCUT2D eigenvalue weighted by molar-refractivity contribution is 0.528. The van der Waals surface area contributed by atoms with Crippen LogP contribution in [0.2, 0.25) is 0 Å². The van der Waals surface area contributed by atoms with Crippen molar-refractivity contribution in [1.82, 2.24) is 4.90 Å². The summed E-state index contributed by atoms with van der Waals surface area (Å²) in [5, 5.41) is 0.